The van der Waals surface area contributed by atoms with Gasteiger partial charge >= 0.3 is 0 Å². The topological polar surface area (TPSA) is 37.4 Å². The van der Waals surface area contributed by atoms with E-state index in [0.717, 1.165) is 48.4 Å². The zero-order valence-corrected chi connectivity index (χ0v) is 15.9. The van der Waals surface area contributed by atoms with Gasteiger partial charge in [-0.05, 0) is 37.4 Å². The van der Waals surface area contributed by atoms with Crippen molar-refractivity contribution in [2.75, 3.05) is 50.1 Å². The molecule has 2 rings (SSSR count). The summed E-state index contributed by atoms with van der Waals surface area (Å²) in [4.78, 5) is 6.97. The zero-order chi connectivity index (χ0) is 17.2. The lowest BCUT2D eigenvalue weighted by atomic mass is 10.1. The van der Waals surface area contributed by atoms with Crippen LogP contribution in [-0.2, 0) is 0 Å². The summed E-state index contributed by atoms with van der Waals surface area (Å²) < 4.78 is 5.39. The number of benzene rings is 1. The van der Waals surface area contributed by atoms with Gasteiger partial charge in [0.1, 0.15) is 5.75 Å². The largest absolute Gasteiger partial charge is 0.497 e. The number of hydrogen-bond donors (Lipinski definition) is 1. The van der Waals surface area contributed by atoms with Crippen molar-refractivity contribution in [3.05, 3.63) is 30.5 Å². The number of hydrogen-bond acceptors (Lipinski definition) is 5. The Balaban J connectivity index is 1.77. The molecule has 24 heavy (non-hydrogen) atoms. The first-order valence-corrected chi connectivity index (χ1v) is 9.90. The molecule has 1 N–H and O–H groups in total. The minimum atomic E-state index is 0.867. The summed E-state index contributed by atoms with van der Waals surface area (Å²) in [6.07, 6.45) is 2.98. The standard InChI is InChI=1S/C19H29N3OS/c1-4-22(5-2)11-13-24-12-7-10-20-18-15-17(23-3)14-16-8-6-9-21-19(16)18/h6,8-9,14-15,20H,4-5,7,10-13H2,1-3H3. The minimum absolute atomic E-state index is 0.867. The lowest BCUT2D eigenvalue weighted by molar-refractivity contribution is 0.324. The average Bonchev–Trinajstić information content (AvgIpc) is 2.63. The summed E-state index contributed by atoms with van der Waals surface area (Å²) in [5.74, 6) is 3.26. The summed E-state index contributed by atoms with van der Waals surface area (Å²) in [5.41, 5.74) is 2.06. The number of thioether (sulfide) groups is 1. The lowest BCUT2D eigenvalue weighted by Gasteiger charge is -2.17. The van der Waals surface area contributed by atoms with Crippen molar-refractivity contribution in [2.45, 2.75) is 20.3 Å². The van der Waals surface area contributed by atoms with E-state index in [-0.39, 0.29) is 0 Å². The summed E-state index contributed by atoms with van der Waals surface area (Å²) >= 11 is 2.04. The Bertz CT molecular complexity index is 617. The number of methoxy groups -OCH3 is 1. The first-order valence-electron chi connectivity index (χ1n) is 8.75. The molecule has 0 atom stereocenters. The van der Waals surface area contributed by atoms with Crippen LogP contribution in [0.25, 0.3) is 10.9 Å². The van der Waals surface area contributed by atoms with Crippen LogP contribution in [0, 0.1) is 0 Å². The van der Waals surface area contributed by atoms with Crippen LogP contribution in [0.2, 0.25) is 0 Å². The Morgan fingerprint density at radius 1 is 1.21 bits per heavy atom. The second kappa shape index (κ2) is 10.4. The maximum atomic E-state index is 5.39. The molecule has 0 aliphatic heterocycles. The summed E-state index contributed by atoms with van der Waals surface area (Å²) in [5, 5.41) is 4.62. The molecule has 0 amide bonds. The van der Waals surface area contributed by atoms with Gasteiger partial charge < -0.3 is 15.0 Å². The molecule has 0 bridgehead atoms. The van der Waals surface area contributed by atoms with E-state index in [1.54, 1.807) is 7.11 Å². The molecule has 5 heteroatoms. The molecule has 0 aliphatic rings. The van der Waals surface area contributed by atoms with Gasteiger partial charge in [-0.2, -0.15) is 11.8 Å². The predicted molar refractivity (Wildman–Crippen MR) is 107 cm³/mol. The Morgan fingerprint density at radius 3 is 2.79 bits per heavy atom. The molecule has 1 heterocycles. The second-order valence-corrected chi connectivity index (χ2v) is 6.89. The highest BCUT2D eigenvalue weighted by Crippen LogP contribution is 2.27. The van der Waals surface area contributed by atoms with Crippen molar-refractivity contribution >= 4 is 28.4 Å². The van der Waals surface area contributed by atoms with Crippen LogP contribution in [0.1, 0.15) is 20.3 Å². The first-order chi connectivity index (χ1) is 11.8. The van der Waals surface area contributed by atoms with Gasteiger partial charge in [0, 0.05) is 36.5 Å². The fraction of sp³-hybridized carbons (Fsp3) is 0.526. The molecule has 0 unspecified atom stereocenters. The number of nitrogens with one attached hydrogen (secondary N) is 1. The van der Waals surface area contributed by atoms with Crippen molar-refractivity contribution < 1.29 is 4.74 Å². The van der Waals surface area contributed by atoms with E-state index in [4.69, 9.17) is 4.74 Å². The number of anilines is 1. The van der Waals surface area contributed by atoms with E-state index in [2.05, 4.69) is 35.1 Å². The number of pyridine rings is 1. The first kappa shape index (κ1) is 18.9. The molecule has 0 aliphatic carbocycles. The second-order valence-electron chi connectivity index (χ2n) is 5.67. The van der Waals surface area contributed by atoms with Crippen LogP contribution in [0.15, 0.2) is 30.5 Å². The number of aromatic nitrogens is 1. The van der Waals surface area contributed by atoms with Gasteiger partial charge in [0.15, 0.2) is 0 Å². The van der Waals surface area contributed by atoms with E-state index in [9.17, 15) is 0 Å². The number of rotatable bonds is 11. The number of ether oxygens (including phenoxy) is 1. The third-order valence-electron chi connectivity index (χ3n) is 4.14. The van der Waals surface area contributed by atoms with Gasteiger partial charge in [-0.25, -0.2) is 0 Å². The van der Waals surface area contributed by atoms with Crippen molar-refractivity contribution in [3.63, 3.8) is 0 Å². The van der Waals surface area contributed by atoms with Gasteiger partial charge in [0.05, 0.1) is 18.3 Å². The highest BCUT2D eigenvalue weighted by atomic mass is 32.2. The molecule has 1 aromatic carbocycles. The van der Waals surface area contributed by atoms with Gasteiger partial charge in [-0.1, -0.05) is 19.9 Å². The van der Waals surface area contributed by atoms with Crippen LogP contribution in [-0.4, -0.2) is 54.7 Å². The maximum absolute atomic E-state index is 5.39. The zero-order valence-electron chi connectivity index (χ0n) is 15.0. The van der Waals surface area contributed by atoms with Gasteiger partial charge in [-0.3, -0.25) is 4.98 Å². The van der Waals surface area contributed by atoms with E-state index < -0.39 is 0 Å². The molecule has 0 saturated carbocycles. The monoisotopic (exact) mass is 347 g/mol. The highest BCUT2D eigenvalue weighted by molar-refractivity contribution is 7.99. The van der Waals surface area contributed by atoms with Crippen molar-refractivity contribution in [1.82, 2.24) is 9.88 Å². The van der Waals surface area contributed by atoms with Crippen LogP contribution in [0.4, 0.5) is 5.69 Å². The van der Waals surface area contributed by atoms with Crippen molar-refractivity contribution in [1.29, 1.82) is 0 Å². The van der Waals surface area contributed by atoms with Crippen molar-refractivity contribution in [3.8, 4) is 5.75 Å². The van der Waals surface area contributed by atoms with Gasteiger partial charge in [0.25, 0.3) is 0 Å². The normalized spacial score (nSPS) is 11.2. The smallest absolute Gasteiger partial charge is 0.121 e. The molecule has 0 saturated heterocycles. The van der Waals surface area contributed by atoms with E-state index in [0.29, 0.717) is 0 Å². The maximum Gasteiger partial charge on any atom is 0.121 e. The van der Waals surface area contributed by atoms with Crippen LogP contribution >= 0.6 is 11.8 Å². The highest BCUT2D eigenvalue weighted by Gasteiger charge is 2.05. The Labute approximate surface area is 150 Å². The van der Waals surface area contributed by atoms with Crippen LogP contribution in [0.3, 0.4) is 0 Å². The third-order valence-corrected chi connectivity index (χ3v) is 5.19. The number of nitrogens with zero attached hydrogens (tertiary/aromatic N) is 2. The molecular formula is C19H29N3OS. The molecule has 132 valence electrons. The Kier molecular flexibility index (Phi) is 8.19. The number of fused-ring (bicyclic) bond motifs is 1. The van der Waals surface area contributed by atoms with E-state index in [1.165, 1.54) is 18.1 Å². The van der Waals surface area contributed by atoms with Crippen molar-refractivity contribution in [2.24, 2.45) is 0 Å². The summed E-state index contributed by atoms with van der Waals surface area (Å²) in [6.45, 7) is 8.89. The fourth-order valence-corrected chi connectivity index (χ4v) is 3.59. The third kappa shape index (κ3) is 5.56. The van der Waals surface area contributed by atoms with Crippen LogP contribution < -0.4 is 10.1 Å². The Morgan fingerprint density at radius 2 is 2.04 bits per heavy atom. The van der Waals surface area contributed by atoms with Gasteiger partial charge in [0.2, 0.25) is 0 Å². The summed E-state index contributed by atoms with van der Waals surface area (Å²) in [6, 6.07) is 8.08. The molecule has 2 aromatic rings. The molecule has 0 radical (unpaired) electrons. The fourth-order valence-electron chi connectivity index (χ4n) is 2.65. The molecular weight excluding hydrogens is 318 g/mol. The van der Waals surface area contributed by atoms with E-state index in [1.807, 2.05) is 36.2 Å². The molecule has 1 aromatic heterocycles. The molecule has 0 spiro atoms. The predicted octanol–water partition coefficient (Wildman–Crippen LogP) is 4.12. The molecule has 0 fully saturated rings. The summed E-state index contributed by atoms with van der Waals surface area (Å²) in [7, 11) is 1.70. The quantitative estimate of drug-likeness (QED) is 0.619. The average molecular weight is 348 g/mol. The van der Waals surface area contributed by atoms with Gasteiger partial charge in [-0.15, -0.1) is 0 Å². The Hall–Kier alpha value is -1.46. The SMILES string of the molecule is CCN(CC)CCSCCCNc1cc(OC)cc2cccnc12. The van der Waals surface area contributed by atoms with Crippen LogP contribution in [0.5, 0.6) is 5.75 Å². The minimum Gasteiger partial charge on any atom is -0.497 e. The molecule has 4 nitrogen and oxygen atoms in total. The lowest BCUT2D eigenvalue weighted by Crippen LogP contribution is -2.25. The van der Waals surface area contributed by atoms with E-state index >= 15 is 0 Å².